The Kier molecular flexibility index (Phi) is 9.27. The van der Waals surface area contributed by atoms with Crippen molar-refractivity contribution in [3.8, 4) is 89.4 Å². The maximum absolute atomic E-state index is 5.31. The van der Waals surface area contributed by atoms with Crippen LogP contribution in [-0.4, -0.2) is 9.97 Å². The minimum Gasteiger partial charge on any atom is -0.248 e. The van der Waals surface area contributed by atoms with Crippen molar-refractivity contribution in [1.82, 2.24) is 9.97 Å². The van der Waals surface area contributed by atoms with E-state index in [1.165, 1.54) is 33.4 Å². The summed E-state index contributed by atoms with van der Waals surface area (Å²) in [6.45, 7) is 0. The predicted molar refractivity (Wildman–Crippen MR) is 243 cm³/mol. The molecule has 10 aromatic rings. The molecule has 0 amide bonds. The van der Waals surface area contributed by atoms with Crippen LogP contribution in [0.4, 0.5) is 0 Å². The first-order valence-corrected chi connectivity index (χ1v) is 19.7. The average Bonchev–Trinajstić information content (AvgIpc) is 3.32. The smallest absolute Gasteiger partial charge is 0.0723 e. The van der Waals surface area contributed by atoms with Crippen molar-refractivity contribution in [3.05, 3.63) is 231 Å². The van der Waals surface area contributed by atoms with Crippen LogP contribution in [0.15, 0.2) is 231 Å². The van der Waals surface area contributed by atoms with E-state index in [2.05, 4.69) is 224 Å². The number of hydrogen-bond acceptors (Lipinski definition) is 2. The number of para-hydroxylation sites is 1. The minimum atomic E-state index is 0.906. The molecule has 0 radical (unpaired) electrons. The molecule has 0 fully saturated rings. The molecular formula is C56H38N2. The Labute approximate surface area is 339 Å². The molecule has 10 rings (SSSR count). The summed E-state index contributed by atoms with van der Waals surface area (Å²) in [6, 6.07) is 81.8. The van der Waals surface area contributed by atoms with Crippen LogP contribution in [0.25, 0.3) is 100 Å². The maximum Gasteiger partial charge on any atom is 0.0723 e. The van der Waals surface area contributed by atoms with Crippen LogP contribution in [0, 0.1) is 0 Å². The molecule has 0 unspecified atom stereocenters. The molecule has 0 saturated carbocycles. The van der Waals surface area contributed by atoms with Gasteiger partial charge in [-0.05, 0) is 110 Å². The highest BCUT2D eigenvalue weighted by Crippen LogP contribution is 2.38. The van der Waals surface area contributed by atoms with E-state index in [0.29, 0.717) is 0 Å². The zero-order valence-electron chi connectivity index (χ0n) is 31.8. The zero-order chi connectivity index (χ0) is 38.7. The van der Waals surface area contributed by atoms with Crippen molar-refractivity contribution >= 4 is 10.9 Å². The maximum atomic E-state index is 5.31. The van der Waals surface area contributed by atoms with Crippen molar-refractivity contribution in [2.45, 2.75) is 0 Å². The molecule has 0 N–H and O–H groups in total. The van der Waals surface area contributed by atoms with Gasteiger partial charge >= 0.3 is 0 Å². The van der Waals surface area contributed by atoms with E-state index in [0.717, 1.165) is 66.9 Å². The third-order valence-electron chi connectivity index (χ3n) is 10.8. The molecule has 0 bridgehead atoms. The second-order valence-electron chi connectivity index (χ2n) is 14.6. The highest BCUT2D eigenvalue weighted by molar-refractivity contribution is 5.97. The fourth-order valence-corrected chi connectivity index (χ4v) is 7.88. The van der Waals surface area contributed by atoms with Crippen molar-refractivity contribution in [2.24, 2.45) is 0 Å². The van der Waals surface area contributed by atoms with Crippen molar-refractivity contribution in [2.75, 3.05) is 0 Å². The Hall–Kier alpha value is -7.68. The quantitative estimate of drug-likeness (QED) is 0.155. The standard InChI is InChI=1S/C56H38N2/c1-5-17-39(18-6-1)47-33-48(40-19-7-2-8-20-40)35-49(34-47)45-27-15-25-43(31-45)44-26-16-28-46(32-44)55-38-52(51-29-13-14-30-53(51)57-55)56-37-50(41-21-9-3-10-22-41)36-54(58-56)42-23-11-4-12-24-42/h1-38H. The van der Waals surface area contributed by atoms with Gasteiger partial charge in [-0.3, -0.25) is 0 Å². The molecule has 8 aromatic carbocycles. The summed E-state index contributed by atoms with van der Waals surface area (Å²) in [7, 11) is 0. The Morgan fingerprint density at radius 3 is 1.14 bits per heavy atom. The summed E-state index contributed by atoms with van der Waals surface area (Å²) >= 11 is 0. The lowest BCUT2D eigenvalue weighted by atomic mass is 9.92. The van der Waals surface area contributed by atoms with Gasteiger partial charge in [0.25, 0.3) is 0 Å². The van der Waals surface area contributed by atoms with Crippen LogP contribution in [-0.2, 0) is 0 Å². The Morgan fingerprint density at radius 1 is 0.207 bits per heavy atom. The normalized spacial score (nSPS) is 11.1. The van der Waals surface area contributed by atoms with Crippen molar-refractivity contribution in [3.63, 3.8) is 0 Å². The summed E-state index contributed by atoms with van der Waals surface area (Å²) in [5.74, 6) is 0. The van der Waals surface area contributed by atoms with E-state index >= 15 is 0 Å². The predicted octanol–water partition coefficient (Wildman–Crippen LogP) is 15.0. The largest absolute Gasteiger partial charge is 0.248 e. The molecule has 0 saturated heterocycles. The summed E-state index contributed by atoms with van der Waals surface area (Å²) in [5.41, 5.74) is 18.6. The van der Waals surface area contributed by atoms with E-state index in [-0.39, 0.29) is 0 Å². The van der Waals surface area contributed by atoms with Crippen molar-refractivity contribution < 1.29 is 0 Å². The minimum absolute atomic E-state index is 0.906. The second-order valence-corrected chi connectivity index (χ2v) is 14.6. The van der Waals surface area contributed by atoms with Gasteiger partial charge < -0.3 is 0 Å². The fraction of sp³-hybridized carbons (Fsp3) is 0. The second kappa shape index (κ2) is 15.5. The first kappa shape index (κ1) is 34.8. The number of fused-ring (bicyclic) bond motifs is 1. The van der Waals surface area contributed by atoms with E-state index in [1.54, 1.807) is 0 Å². The number of aromatic nitrogens is 2. The SMILES string of the molecule is c1ccc(-c2cc(-c3ccccc3)cc(-c3cccc(-c4cccc(-c5cc(-c6cc(-c7ccccc7)cc(-c7ccccc7)n6)c6ccccc6n5)c4)c3)c2)cc1. The molecule has 58 heavy (non-hydrogen) atoms. The van der Waals surface area contributed by atoms with Crippen LogP contribution < -0.4 is 0 Å². The average molecular weight is 739 g/mol. The number of hydrogen-bond donors (Lipinski definition) is 0. The number of pyridine rings is 2. The van der Waals surface area contributed by atoms with Gasteiger partial charge in [0.05, 0.1) is 22.6 Å². The highest BCUT2D eigenvalue weighted by Gasteiger charge is 2.15. The molecule has 0 aliphatic heterocycles. The van der Waals surface area contributed by atoms with Gasteiger partial charge in [-0.15, -0.1) is 0 Å². The van der Waals surface area contributed by atoms with Gasteiger partial charge in [0, 0.05) is 22.1 Å². The third-order valence-corrected chi connectivity index (χ3v) is 10.8. The molecule has 2 nitrogen and oxygen atoms in total. The lowest BCUT2D eigenvalue weighted by Crippen LogP contribution is -1.95. The summed E-state index contributed by atoms with van der Waals surface area (Å²) in [5, 5.41) is 1.07. The third kappa shape index (κ3) is 7.11. The number of benzene rings is 8. The number of rotatable bonds is 8. The van der Waals surface area contributed by atoms with Gasteiger partial charge in [0.1, 0.15) is 0 Å². The van der Waals surface area contributed by atoms with Gasteiger partial charge in [-0.25, -0.2) is 9.97 Å². The van der Waals surface area contributed by atoms with Crippen molar-refractivity contribution in [1.29, 1.82) is 0 Å². The zero-order valence-corrected chi connectivity index (χ0v) is 31.8. The Balaban J connectivity index is 1.07. The molecule has 0 aliphatic carbocycles. The molecule has 2 aromatic heterocycles. The van der Waals surface area contributed by atoms with E-state index in [4.69, 9.17) is 9.97 Å². The molecule has 0 aliphatic rings. The van der Waals surface area contributed by atoms with Gasteiger partial charge in [-0.1, -0.05) is 176 Å². The molecule has 0 atom stereocenters. The molecule has 2 heteroatoms. The number of nitrogens with zero attached hydrogens (tertiary/aromatic N) is 2. The lowest BCUT2D eigenvalue weighted by molar-refractivity contribution is 1.32. The van der Waals surface area contributed by atoms with E-state index in [1.807, 2.05) is 6.07 Å². The van der Waals surface area contributed by atoms with Gasteiger partial charge in [-0.2, -0.15) is 0 Å². The molecule has 2 heterocycles. The topological polar surface area (TPSA) is 25.8 Å². The lowest BCUT2D eigenvalue weighted by Gasteiger charge is -2.14. The van der Waals surface area contributed by atoms with Crippen LogP contribution in [0.2, 0.25) is 0 Å². The van der Waals surface area contributed by atoms with E-state index < -0.39 is 0 Å². The Bertz CT molecular complexity index is 2910. The summed E-state index contributed by atoms with van der Waals surface area (Å²) < 4.78 is 0. The highest BCUT2D eigenvalue weighted by atomic mass is 14.7. The first-order valence-electron chi connectivity index (χ1n) is 19.7. The summed E-state index contributed by atoms with van der Waals surface area (Å²) in [4.78, 5) is 10.6. The molecule has 0 spiro atoms. The van der Waals surface area contributed by atoms with Gasteiger partial charge in [0.15, 0.2) is 0 Å². The van der Waals surface area contributed by atoms with Crippen LogP contribution in [0.5, 0.6) is 0 Å². The monoisotopic (exact) mass is 738 g/mol. The molecular weight excluding hydrogens is 701 g/mol. The van der Waals surface area contributed by atoms with Crippen LogP contribution >= 0.6 is 0 Å². The Morgan fingerprint density at radius 2 is 0.569 bits per heavy atom. The van der Waals surface area contributed by atoms with Crippen LogP contribution in [0.3, 0.4) is 0 Å². The fourth-order valence-electron chi connectivity index (χ4n) is 7.88. The van der Waals surface area contributed by atoms with E-state index in [9.17, 15) is 0 Å². The van der Waals surface area contributed by atoms with Crippen LogP contribution in [0.1, 0.15) is 0 Å². The van der Waals surface area contributed by atoms with Gasteiger partial charge in [0.2, 0.25) is 0 Å². The summed E-state index contributed by atoms with van der Waals surface area (Å²) in [6.07, 6.45) is 0. The first-order chi connectivity index (χ1) is 28.7. The molecule has 272 valence electrons.